The quantitative estimate of drug-likeness (QED) is 0.267. The zero-order valence-corrected chi connectivity index (χ0v) is 22.9. The highest BCUT2D eigenvalue weighted by molar-refractivity contribution is 6.30. The van der Waals surface area contributed by atoms with Gasteiger partial charge in [-0.15, -0.1) is 0 Å². The number of aromatic nitrogens is 1. The molecule has 0 saturated heterocycles. The summed E-state index contributed by atoms with van der Waals surface area (Å²) in [5.74, 6) is -0.773. The maximum Gasteiger partial charge on any atom is 0.247 e. The van der Waals surface area contributed by atoms with E-state index in [0.717, 1.165) is 22.0 Å². The Kier molecular flexibility index (Phi) is 9.46. The highest BCUT2D eigenvalue weighted by Gasteiger charge is 2.34. The Morgan fingerprint density at radius 1 is 1.11 bits per heavy atom. The van der Waals surface area contributed by atoms with Gasteiger partial charge in [-0.25, -0.2) is 0 Å². The van der Waals surface area contributed by atoms with Gasteiger partial charge in [0.25, 0.3) is 0 Å². The third-order valence-electron chi connectivity index (χ3n) is 6.89. The van der Waals surface area contributed by atoms with E-state index in [1.807, 2.05) is 68.4 Å². The molecular weight excluding hydrogens is 486 g/mol. The summed E-state index contributed by atoms with van der Waals surface area (Å²) in [6.07, 6.45) is 4.79. The van der Waals surface area contributed by atoms with Crippen molar-refractivity contribution < 1.29 is 14.7 Å². The van der Waals surface area contributed by atoms with Gasteiger partial charge in [0.2, 0.25) is 11.8 Å². The number of halogens is 1. The molecule has 1 unspecified atom stereocenters. The number of fused-ring (bicyclic) bond motifs is 1. The number of benzene rings is 2. The zero-order chi connectivity index (χ0) is 27.2. The highest BCUT2D eigenvalue weighted by Crippen LogP contribution is 2.36. The Balaban J connectivity index is 1.69. The van der Waals surface area contributed by atoms with Crippen molar-refractivity contribution in [1.29, 1.82) is 0 Å². The van der Waals surface area contributed by atoms with Crippen LogP contribution in [0.1, 0.15) is 51.7 Å². The van der Waals surface area contributed by atoms with Gasteiger partial charge >= 0.3 is 0 Å². The minimum atomic E-state index is -0.777. The molecule has 1 aromatic heterocycles. The molecular formula is C30H36ClN3O3. The van der Waals surface area contributed by atoms with Crippen molar-refractivity contribution in [3.8, 4) is 0 Å². The van der Waals surface area contributed by atoms with Gasteiger partial charge in [0.05, 0.1) is 5.52 Å². The van der Waals surface area contributed by atoms with Gasteiger partial charge in [0.1, 0.15) is 12.8 Å². The molecule has 0 fully saturated rings. The molecule has 0 aliphatic heterocycles. The van der Waals surface area contributed by atoms with Crippen LogP contribution in [0.4, 0.5) is 0 Å². The molecule has 0 saturated carbocycles. The molecule has 1 heterocycles. The maximum atomic E-state index is 13.5. The van der Waals surface area contributed by atoms with Gasteiger partial charge in [-0.1, -0.05) is 76.6 Å². The predicted octanol–water partition coefficient (Wildman–Crippen LogP) is 5.65. The lowest BCUT2D eigenvalue weighted by molar-refractivity contribution is -0.142. The number of aliphatic hydroxyl groups is 1. The van der Waals surface area contributed by atoms with Crippen molar-refractivity contribution in [2.24, 2.45) is 11.3 Å². The number of carbonyl (C=O) groups is 2. The van der Waals surface area contributed by atoms with Crippen molar-refractivity contribution in [3.05, 3.63) is 83.0 Å². The van der Waals surface area contributed by atoms with Gasteiger partial charge in [-0.3, -0.25) is 14.6 Å². The number of pyridine rings is 1. The van der Waals surface area contributed by atoms with Crippen LogP contribution >= 0.6 is 11.6 Å². The zero-order valence-electron chi connectivity index (χ0n) is 22.1. The minimum Gasteiger partial charge on any atom is -0.376 e. The first-order valence-corrected chi connectivity index (χ1v) is 12.9. The van der Waals surface area contributed by atoms with E-state index < -0.39 is 12.8 Å². The Hall–Kier alpha value is -3.22. The fourth-order valence-electron chi connectivity index (χ4n) is 4.29. The summed E-state index contributed by atoms with van der Waals surface area (Å²) in [5, 5.41) is 14.6. The van der Waals surface area contributed by atoms with Crippen molar-refractivity contribution in [2.45, 2.75) is 46.6 Å². The topological polar surface area (TPSA) is 82.5 Å². The summed E-state index contributed by atoms with van der Waals surface area (Å²) in [6, 6.07) is 16.6. The molecule has 3 aromatic rings. The SMILES string of the molecule is CC(C)[C@@H](NC(=O)/C=C/c1cnc2ccccc2c1)C(=O)N(CO)CC(C)(C)C(C)c1ccc(Cl)cc1. The number of hydrogen-bond donors (Lipinski definition) is 2. The van der Waals surface area contributed by atoms with Crippen molar-refractivity contribution in [3.63, 3.8) is 0 Å². The van der Waals surface area contributed by atoms with Crippen LogP contribution in [0, 0.1) is 11.3 Å². The molecule has 0 radical (unpaired) electrons. The second-order valence-corrected chi connectivity index (χ2v) is 10.9. The molecule has 7 heteroatoms. The normalized spacial score (nSPS) is 13.6. The second kappa shape index (κ2) is 12.3. The van der Waals surface area contributed by atoms with E-state index >= 15 is 0 Å². The van der Waals surface area contributed by atoms with Crippen molar-refractivity contribution >= 4 is 40.4 Å². The molecule has 2 aromatic carbocycles. The average molecular weight is 522 g/mol. The molecule has 2 atom stereocenters. The summed E-state index contributed by atoms with van der Waals surface area (Å²) in [7, 11) is 0. The van der Waals surface area contributed by atoms with Crippen LogP contribution in [0.15, 0.2) is 66.9 Å². The Bertz CT molecular complexity index is 1250. The lowest BCUT2D eigenvalue weighted by Crippen LogP contribution is -2.53. The monoisotopic (exact) mass is 521 g/mol. The Morgan fingerprint density at radius 3 is 2.43 bits per heavy atom. The van der Waals surface area contributed by atoms with Gasteiger partial charge in [-0.2, -0.15) is 0 Å². The number of para-hydroxylation sites is 1. The molecule has 37 heavy (non-hydrogen) atoms. The molecule has 3 rings (SSSR count). The first kappa shape index (κ1) is 28.4. The van der Waals surface area contributed by atoms with Gasteiger partial charge in [-0.05, 0) is 58.7 Å². The first-order valence-electron chi connectivity index (χ1n) is 12.5. The summed E-state index contributed by atoms with van der Waals surface area (Å²) in [4.78, 5) is 32.0. The van der Waals surface area contributed by atoms with Crippen LogP contribution in [0.5, 0.6) is 0 Å². The lowest BCUT2D eigenvalue weighted by Gasteiger charge is -2.38. The molecule has 2 amide bonds. The number of nitrogens with zero attached hydrogens (tertiary/aromatic N) is 2. The van der Waals surface area contributed by atoms with Gasteiger partial charge < -0.3 is 15.3 Å². The lowest BCUT2D eigenvalue weighted by atomic mass is 9.75. The van der Waals surface area contributed by atoms with Crippen LogP contribution in [0.3, 0.4) is 0 Å². The number of hydrogen-bond acceptors (Lipinski definition) is 4. The molecule has 6 nitrogen and oxygen atoms in total. The predicted molar refractivity (Wildman–Crippen MR) is 150 cm³/mol. The Morgan fingerprint density at radius 2 is 1.78 bits per heavy atom. The number of rotatable bonds is 10. The first-order chi connectivity index (χ1) is 17.5. The third-order valence-corrected chi connectivity index (χ3v) is 7.14. The minimum absolute atomic E-state index is 0.0946. The van der Waals surface area contributed by atoms with E-state index in [-0.39, 0.29) is 29.1 Å². The second-order valence-electron chi connectivity index (χ2n) is 10.5. The van der Waals surface area contributed by atoms with E-state index in [0.29, 0.717) is 11.6 Å². The number of aliphatic hydroxyl groups excluding tert-OH is 1. The summed E-state index contributed by atoms with van der Waals surface area (Å²) in [5.41, 5.74) is 2.42. The average Bonchev–Trinajstić information content (AvgIpc) is 2.88. The van der Waals surface area contributed by atoms with Crippen LogP contribution in [-0.2, 0) is 9.59 Å². The van der Waals surface area contributed by atoms with E-state index in [2.05, 4.69) is 31.1 Å². The fraction of sp³-hybridized carbons (Fsp3) is 0.367. The third kappa shape index (κ3) is 7.40. The number of amides is 2. The van der Waals surface area contributed by atoms with E-state index in [1.54, 1.807) is 12.3 Å². The molecule has 0 aliphatic carbocycles. The summed E-state index contributed by atoms with van der Waals surface area (Å²) >= 11 is 6.04. The largest absolute Gasteiger partial charge is 0.376 e. The molecule has 2 N–H and O–H groups in total. The van der Waals surface area contributed by atoms with Crippen LogP contribution in [-0.4, -0.2) is 46.1 Å². The van der Waals surface area contributed by atoms with Gasteiger partial charge in [0.15, 0.2) is 0 Å². The maximum absolute atomic E-state index is 13.5. The molecule has 0 bridgehead atoms. The van der Waals surface area contributed by atoms with Crippen LogP contribution < -0.4 is 5.32 Å². The number of nitrogens with one attached hydrogen (secondary N) is 1. The highest BCUT2D eigenvalue weighted by atomic mass is 35.5. The molecule has 0 spiro atoms. The summed E-state index contributed by atoms with van der Waals surface area (Å²) < 4.78 is 0. The van der Waals surface area contributed by atoms with Crippen molar-refractivity contribution in [1.82, 2.24) is 15.2 Å². The van der Waals surface area contributed by atoms with Gasteiger partial charge in [0, 0.05) is 29.2 Å². The van der Waals surface area contributed by atoms with Crippen molar-refractivity contribution in [2.75, 3.05) is 13.3 Å². The van der Waals surface area contributed by atoms with E-state index in [1.165, 1.54) is 11.0 Å². The summed E-state index contributed by atoms with van der Waals surface area (Å²) in [6.45, 7) is 9.85. The Labute approximate surface area is 224 Å². The van der Waals surface area contributed by atoms with E-state index in [4.69, 9.17) is 11.6 Å². The van der Waals surface area contributed by atoms with E-state index in [9.17, 15) is 14.7 Å². The molecule has 196 valence electrons. The fourth-order valence-corrected chi connectivity index (χ4v) is 4.42. The smallest absolute Gasteiger partial charge is 0.247 e. The standard InChI is InChI=1S/C30H36ClN3O3/c1-20(2)28(33-27(36)15-10-22-16-24-8-6-7-9-26(24)32-17-22)29(37)34(19-35)18-30(4,5)21(3)23-11-13-25(31)14-12-23/h6-17,20-21,28,35H,18-19H2,1-5H3,(H,33,36)/b15-10+/t21?,28-/m1/s1. The number of carbonyl (C=O) groups excluding carboxylic acids is 2. The van der Waals surface area contributed by atoms with Crippen LogP contribution in [0.25, 0.3) is 17.0 Å². The van der Waals surface area contributed by atoms with Crippen LogP contribution in [0.2, 0.25) is 5.02 Å². The molecule has 0 aliphatic rings.